The second kappa shape index (κ2) is 10.5. The molecule has 0 amide bonds. The largest absolute Gasteiger partial charge is 0.493 e. The van der Waals surface area contributed by atoms with Crippen LogP contribution in [0.1, 0.15) is 25.3 Å². The van der Waals surface area contributed by atoms with Gasteiger partial charge in [0.15, 0.2) is 17.5 Å². The minimum absolute atomic E-state index is 0.612. The van der Waals surface area contributed by atoms with Gasteiger partial charge in [-0.2, -0.15) is 0 Å². The van der Waals surface area contributed by atoms with Crippen molar-refractivity contribution < 1.29 is 9.47 Å². The van der Waals surface area contributed by atoms with Gasteiger partial charge in [0.25, 0.3) is 0 Å². The Morgan fingerprint density at radius 1 is 1.39 bits per heavy atom. The van der Waals surface area contributed by atoms with Gasteiger partial charge in [-0.1, -0.05) is 12.1 Å². The molecule has 0 bridgehead atoms. The van der Waals surface area contributed by atoms with E-state index in [1.165, 1.54) is 0 Å². The molecule has 1 rings (SSSR count). The molecule has 1 aromatic rings. The summed E-state index contributed by atoms with van der Waals surface area (Å²) in [5, 5.41) is 3.37. The molecular formula is C18H29N3O2. The van der Waals surface area contributed by atoms with Gasteiger partial charge in [-0.3, -0.25) is 4.99 Å². The molecule has 0 radical (unpaired) electrons. The number of rotatable bonds is 9. The van der Waals surface area contributed by atoms with E-state index in [4.69, 9.17) is 9.47 Å². The van der Waals surface area contributed by atoms with Crippen molar-refractivity contribution in [2.75, 3.05) is 34.4 Å². The van der Waals surface area contributed by atoms with Gasteiger partial charge in [-0.25, -0.2) is 0 Å². The Morgan fingerprint density at radius 2 is 2.17 bits per heavy atom. The predicted molar refractivity (Wildman–Crippen MR) is 96.4 cm³/mol. The first-order valence-electron chi connectivity index (χ1n) is 7.98. The number of nitrogens with zero attached hydrogens (tertiary/aromatic N) is 2. The number of aliphatic imine (C=N–C) groups is 1. The lowest BCUT2D eigenvalue weighted by Crippen LogP contribution is -2.38. The Hall–Kier alpha value is -2.17. The lowest BCUT2D eigenvalue weighted by Gasteiger charge is -2.22. The third-order valence-electron chi connectivity index (χ3n) is 3.45. The van der Waals surface area contributed by atoms with E-state index < -0.39 is 0 Å². The Kier molecular flexibility index (Phi) is 8.65. The van der Waals surface area contributed by atoms with Crippen LogP contribution < -0.4 is 14.8 Å². The third kappa shape index (κ3) is 6.22. The standard InChI is InChI=1S/C18H29N3O2/c1-6-8-9-12-21(4)18(19-3)20-14-15-10-11-16(22-5)17(13-15)23-7-2/h6,10-11,13H,1,7-9,12,14H2,2-5H3,(H,19,20). The molecule has 1 aromatic carbocycles. The van der Waals surface area contributed by atoms with Gasteiger partial charge in [0.05, 0.1) is 13.7 Å². The lowest BCUT2D eigenvalue weighted by atomic mass is 10.2. The predicted octanol–water partition coefficient (Wildman–Crippen LogP) is 3.07. The van der Waals surface area contributed by atoms with Crippen molar-refractivity contribution in [1.29, 1.82) is 0 Å². The molecule has 0 aliphatic heterocycles. The number of hydrogen-bond acceptors (Lipinski definition) is 3. The molecule has 0 aliphatic rings. The first-order valence-corrected chi connectivity index (χ1v) is 7.98. The van der Waals surface area contributed by atoms with Crippen LogP contribution in [-0.2, 0) is 6.54 Å². The van der Waals surface area contributed by atoms with Crippen LogP contribution in [-0.4, -0.2) is 45.2 Å². The highest BCUT2D eigenvalue weighted by Gasteiger charge is 2.08. The minimum Gasteiger partial charge on any atom is -0.493 e. The van der Waals surface area contributed by atoms with Crippen LogP contribution in [0, 0.1) is 0 Å². The zero-order valence-corrected chi connectivity index (χ0v) is 14.8. The number of hydrogen-bond donors (Lipinski definition) is 1. The average Bonchev–Trinajstić information content (AvgIpc) is 2.56. The Labute approximate surface area is 140 Å². The summed E-state index contributed by atoms with van der Waals surface area (Å²) < 4.78 is 10.9. The van der Waals surface area contributed by atoms with E-state index in [0.29, 0.717) is 13.2 Å². The van der Waals surface area contributed by atoms with Gasteiger partial charge in [-0.05, 0) is 37.5 Å². The average molecular weight is 319 g/mol. The summed E-state index contributed by atoms with van der Waals surface area (Å²) in [4.78, 5) is 6.45. The molecule has 0 fully saturated rings. The van der Waals surface area contributed by atoms with E-state index in [0.717, 1.165) is 42.4 Å². The molecule has 0 saturated carbocycles. The van der Waals surface area contributed by atoms with Crippen LogP contribution in [0.4, 0.5) is 0 Å². The van der Waals surface area contributed by atoms with Crippen molar-refractivity contribution in [2.45, 2.75) is 26.3 Å². The zero-order valence-electron chi connectivity index (χ0n) is 14.8. The van der Waals surface area contributed by atoms with E-state index in [2.05, 4.69) is 21.8 Å². The molecule has 0 aromatic heterocycles. The Bertz CT molecular complexity index is 515. The van der Waals surface area contributed by atoms with Crippen molar-refractivity contribution in [3.63, 3.8) is 0 Å². The fourth-order valence-corrected chi connectivity index (χ4v) is 2.24. The van der Waals surface area contributed by atoms with Gasteiger partial charge in [-0.15, -0.1) is 6.58 Å². The topological polar surface area (TPSA) is 46.1 Å². The molecule has 0 atom stereocenters. The maximum Gasteiger partial charge on any atom is 0.193 e. The number of methoxy groups -OCH3 is 1. The van der Waals surface area contributed by atoms with E-state index >= 15 is 0 Å². The van der Waals surface area contributed by atoms with Gasteiger partial charge in [0.1, 0.15) is 0 Å². The van der Waals surface area contributed by atoms with E-state index in [9.17, 15) is 0 Å². The second-order valence-corrected chi connectivity index (χ2v) is 5.17. The maximum atomic E-state index is 5.61. The second-order valence-electron chi connectivity index (χ2n) is 5.17. The first kappa shape index (κ1) is 18.9. The number of unbranched alkanes of at least 4 members (excludes halogenated alkanes) is 1. The Morgan fingerprint density at radius 3 is 2.78 bits per heavy atom. The molecule has 5 nitrogen and oxygen atoms in total. The molecule has 0 aliphatic carbocycles. The minimum atomic E-state index is 0.612. The van der Waals surface area contributed by atoms with E-state index in [-0.39, 0.29) is 0 Å². The molecule has 0 saturated heterocycles. The highest BCUT2D eigenvalue weighted by Crippen LogP contribution is 2.27. The van der Waals surface area contributed by atoms with Crippen molar-refractivity contribution in [3.8, 4) is 11.5 Å². The molecule has 0 heterocycles. The summed E-state index contributed by atoms with van der Waals surface area (Å²) in [6.07, 6.45) is 4.02. The number of benzene rings is 1. The van der Waals surface area contributed by atoms with Crippen LogP contribution in [0.15, 0.2) is 35.8 Å². The van der Waals surface area contributed by atoms with Crippen LogP contribution in [0.5, 0.6) is 11.5 Å². The van der Waals surface area contributed by atoms with Crippen LogP contribution >= 0.6 is 0 Å². The molecule has 5 heteroatoms. The number of allylic oxidation sites excluding steroid dienone is 1. The number of nitrogens with one attached hydrogen (secondary N) is 1. The SMILES string of the molecule is C=CCCCN(C)C(=NC)NCc1ccc(OC)c(OCC)c1. The normalized spacial score (nSPS) is 11.0. The number of ether oxygens (including phenoxy) is 2. The summed E-state index contributed by atoms with van der Waals surface area (Å²) in [6.45, 7) is 7.95. The molecule has 1 N–H and O–H groups in total. The van der Waals surface area contributed by atoms with Crippen molar-refractivity contribution in [3.05, 3.63) is 36.4 Å². The van der Waals surface area contributed by atoms with Gasteiger partial charge < -0.3 is 19.7 Å². The molecule has 0 unspecified atom stereocenters. The smallest absolute Gasteiger partial charge is 0.193 e. The molecular weight excluding hydrogens is 290 g/mol. The van der Waals surface area contributed by atoms with E-state index in [1.54, 1.807) is 14.2 Å². The van der Waals surface area contributed by atoms with Crippen molar-refractivity contribution >= 4 is 5.96 Å². The summed E-state index contributed by atoms with van der Waals surface area (Å²) in [5.74, 6) is 2.40. The van der Waals surface area contributed by atoms with Crippen molar-refractivity contribution in [2.24, 2.45) is 4.99 Å². The molecule has 0 spiro atoms. The summed E-state index contributed by atoms with van der Waals surface area (Å²) >= 11 is 0. The molecule has 128 valence electrons. The van der Waals surface area contributed by atoms with Crippen LogP contribution in [0.2, 0.25) is 0 Å². The fraction of sp³-hybridized carbons (Fsp3) is 0.500. The molecule has 23 heavy (non-hydrogen) atoms. The van der Waals surface area contributed by atoms with Crippen LogP contribution in [0.25, 0.3) is 0 Å². The quantitative estimate of drug-likeness (QED) is 0.329. The fourth-order valence-electron chi connectivity index (χ4n) is 2.24. The maximum absolute atomic E-state index is 5.61. The first-order chi connectivity index (χ1) is 11.2. The van der Waals surface area contributed by atoms with Crippen LogP contribution in [0.3, 0.4) is 0 Å². The van der Waals surface area contributed by atoms with Gasteiger partial charge >= 0.3 is 0 Å². The number of guanidine groups is 1. The Balaban J connectivity index is 2.64. The van der Waals surface area contributed by atoms with E-state index in [1.807, 2.05) is 38.2 Å². The summed E-state index contributed by atoms with van der Waals surface area (Å²) in [5.41, 5.74) is 1.12. The van der Waals surface area contributed by atoms with Gasteiger partial charge in [0.2, 0.25) is 0 Å². The highest BCUT2D eigenvalue weighted by atomic mass is 16.5. The monoisotopic (exact) mass is 319 g/mol. The summed E-state index contributed by atoms with van der Waals surface area (Å²) in [7, 11) is 5.49. The van der Waals surface area contributed by atoms with Gasteiger partial charge in [0, 0.05) is 27.2 Å². The summed E-state index contributed by atoms with van der Waals surface area (Å²) in [6, 6.07) is 5.96. The lowest BCUT2D eigenvalue weighted by molar-refractivity contribution is 0.310. The third-order valence-corrected chi connectivity index (χ3v) is 3.45. The zero-order chi connectivity index (χ0) is 17.1. The van der Waals surface area contributed by atoms with Crippen molar-refractivity contribution in [1.82, 2.24) is 10.2 Å². The highest BCUT2D eigenvalue weighted by molar-refractivity contribution is 5.79.